The maximum absolute atomic E-state index is 12.0. The van der Waals surface area contributed by atoms with Gasteiger partial charge in [0.05, 0.1) is 3.79 Å². The summed E-state index contributed by atoms with van der Waals surface area (Å²) in [5.41, 5.74) is 0. The molecule has 0 aliphatic carbocycles. The van der Waals surface area contributed by atoms with Gasteiger partial charge in [-0.05, 0) is 34.0 Å². The molecule has 0 spiro atoms. The van der Waals surface area contributed by atoms with Crippen molar-refractivity contribution in [3.05, 3.63) is 15.9 Å². The third-order valence-electron chi connectivity index (χ3n) is 2.84. The van der Waals surface area contributed by atoms with Crippen molar-refractivity contribution < 1.29 is 8.42 Å². The molecule has 7 heteroatoms. The first-order chi connectivity index (χ1) is 8.40. The highest BCUT2D eigenvalue weighted by Crippen LogP contribution is 2.26. The fourth-order valence-electron chi connectivity index (χ4n) is 1.67. The number of sulfonamides is 1. The van der Waals surface area contributed by atoms with E-state index in [0.29, 0.717) is 10.1 Å². The molecular weight excluding hydrogens is 358 g/mol. The molecule has 104 valence electrons. The predicted molar refractivity (Wildman–Crippen MR) is 80.9 cm³/mol. The molecular formula is C11H17BrClNO2S2. The average molecular weight is 375 g/mol. The molecule has 0 radical (unpaired) electrons. The predicted octanol–water partition coefficient (Wildman–Crippen LogP) is 3.83. The van der Waals surface area contributed by atoms with E-state index < -0.39 is 10.0 Å². The summed E-state index contributed by atoms with van der Waals surface area (Å²) < 4.78 is 27.6. The lowest BCUT2D eigenvalue weighted by atomic mass is 9.99. The van der Waals surface area contributed by atoms with Crippen LogP contribution in [0.25, 0.3) is 0 Å². The largest absolute Gasteiger partial charge is 0.250 e. The second-order valence-electron chi connectivity index (χ2n) is 4.00. The Balaban J connectivity index is 2.62. The van der Waals surface area contributed by atoms with Gasteiger partial charge in [-0.3, -0.25) is 0 Å². The van der Waals surface area contributed by atoms with Crippen LogP contribution >= 0.6 is 38.9 Å². The number of rotatable bonds is 7. The summed E-state index contributed by atoms with van der Waals surface area (Å²) in [4.78, 5) is 0. The number of nitrogens with one attached hydrogen (secondary N) is 1. The fraction of sp³-hybridized carbons (Fsp3) is 0.636. The van der Waals surface area contributed by atoms with E-state index in [9.17, 15) is 8.42 Å². The number of alkyl halides is 1. The van der Waals surface area contributed by atoms with Gasteiger partial charge >= 0.3 is 0 Å². The van der Waals surface area contributed by atoms with Gasteiger partial charge in [0.2, 0.25) is 10.0 Å². The summed E-state index contributed by atoms with van der Waals surface area (Å²) in [5.74, 6) is 0.337. The molecule has 0 bridgehead atoms. The molecule has 1 heterocycles. The van der Waals surface area contributed by atoms with Crippen LogP contribution in [0, 0.1) is 5.92 Å². The van der Waals surface area contributed by atoms with Crippen LogP contribution in [0.4, 0.5) is 0 Å². The molecule has 18 heavy (non-hydrogen) atoms. The van der Waals surface area contributed by atoms with Crippen molar-refractivity contribution in [2.45, 2.75) is 36.3 Å². The number of hydrogen-bond acceptors (Lipinski definition) is 3. The van der Waals surface area contributed by atoms with E-state index in [1.165, 1.54) is 11.3 Å². The van der Waals surface area contributed by atoms with Crippen molar-refractivity contribution in [3.63, 3.8) is 0 Å². The molecule has 1 rings (SSSR count). The first-order valence-corrected chi connectivity index (χ1v) is 9.32. The van der Waals surface area contributed by atoms with Crippen LogP contribution in [0.3, 0.4) is 0 Å². The van der Waals surface area contributed by atoms with Gasteiger partial charge in [0.15, 0.2) is 0 Å². The molecule has 1 N–H and O–H groups in total. The van der Waals surface area contributed by atoms with Gasteiger partial charge in [-0.25, -0.2) is 13.1 Å². The third kappa shape index (κ3) is 4.49. The maximum atomic E-state index is 12.0. The van der Waals surface area contributed by atoms with Crippen LogP contribution in [0.5, 0.6) is 0 Å². The van der Waals surface area contributed by atoms with E-state index in [2.05, 4.69) is 34.5 Å². The molecule has 0 saturated heterocycles. The Morgan fingerprint density at radius 3 is 2.44 bits per heavy atom. The first-order valence-electron chi connectivity index (χ1n) is 5.79. The molecule has 3 nitrogen and oxygen atoms in total. The molecule has 0 aromatic carbocycles. The molecule has 0 fully saturated rings. The topological polar surface area (TPSA) is 46.2 Å². The molecule has 1 atom stereocenters. The van der Waals surface area contributed by atoms with E-state index in [-0.39, 0.29) is 11.9 Å². The summed E-state index contributed by atoms with van der Waals surface area (Å²) in [6.45, 7) is 4.40. The Morgan fingerprint density at radius 1 is 1.39 bits per heavy atom. The molecule has 1 aromatic heterocycles. The summed E-state index contributed by atoms with van der Waals surface area (Å²) in [6.07, 6.45) is 1.91. The summed E-state index contributed by atoms with van der Waals surface area (Å²) >= 11 is 10.7. The van der Waals surface area contributed by atoms with Crippen LogP contribution in [0.15, 0.2) is 20.1 Å². The van der Waals surface area contributed by atoms with Crippen LogP contribution < -0.4 is 4.72 Å². The normalized spacial score (nSPS) is 14.1. The van der Waals surface area contributed by atoms with Crippen molar-refractivity contribution in [2.24, 2.45) is 5.92 Å². The Hall–Kier alpha value is 0.380. The Bertz CT molecular complexity index is 471. The van der Waals surface area contributed by atoms with Crippen molar-refractivity contribution in [1.82, 2.24) is 4.72 Å². The second-order valence-corrected chi connectivity index (χ2v) is 9.02. The Morgan fingerprint density at radius 2 is 2.00 bits per heavy atom. The lowest BCUT2D eigenvalue weighted by Crippen LogP contribution is -2.32. The zero-order valence-corrected chi connectivity index (χ0v) is 14.3. The summed E-state index contributed by atoms with van der Waals surface area (Å²) in [6, 6.07) is 3.30. The number of thiophene rings is 1. The number of halogens is 2. The number of hydrogen-bond donors (Lipinski definition) is 1. The van der Waals surface area contributed by atoms with E-state index in [4.69, 9.17) is 11.6 Å². The molecule has 1 aromatic rings. The van der Waals surface area contributed by atoms with E-state index in [1.807, 2.05) is 0 Å². The first kappa shape index (κ1) is 16.4. The van der Waals surface area contributed by atoms with Crippen LogP contribution in [0.1, 0.15) is 26.7 Å². The lowest BCUT2D eigenvalue weighted by molar-refractivity contribution is 0.460. The molecule has 0 amide bonds. The van der Waals surface area contributed by atoms with E-state index >= 15 is 0 Å². The monoisotopic (exact) mass is 373 g/mol. The smallest absolute Gasteiger partial charge is 0.209 e. The second kappa shape index (κ2) is 7.24. The minimum Gasteiger partial charge on any atom is -0.209 e. The van der Waals surface area contributed by atoms with Crippen LogP contribution in [0.2, 0.25) is 0 Å². The highest BCUT2D eigenvalue weighted by molar-refractivity contribution is 9.11. The Labute approximate surface area is 126 Å². The van der Waals surface area contributed by atoms with Gasteiger partial charge in [0, 0.05) is 11.9 Å². The molecule has 1 unspecified atom stereocenters. The lowest BCUT2D eigenvalue weighted by Gasteiger charge is -2.19. The Kier molecular flexibility index (Phi) is 6.61. The zero-order valence-electron chi connectivity index (χ0n) is 10.3. The molecule has 0 saturated carbocycles. The summed E-state index contributed by atoms with van der Waals surface area (Å²) in [7, 11) is -3.43. The molecule has 0 aliphatic heterocycles. The van der Waals surface area contributed by atoms with Gasteiger partial charge in [-0.2, -0.15) is 0 Å². The third-order valence-corrected chi connectivity index (χ3v) is 6.89. The average Bonchev–Trinajstić information content (AvgIpc) is 2.76. The van der Waals surface area contributed by atoms with Crippen LogP contribution in [-0.4, -0.2) is 20.3 Å². The van der Waals surface area contributed by atoms with Crippen molar-refractivity contribution in [3.8, 4) is 0 Å². The van der Waals surface area contributed by atoms with E-state index in [1.54, 1.807) is 12.1 Å². The maximum Gasteiger partial charge on any atom is 0.250 e. The van der Waals surface area contributed by atoms with Gasteiger partial charge in [0.1, 0.15) is 4.21 Å². The van der Waals surface area contributed by atoms with Crippen molar-refractivity contribution in [2.75, 3.05) is 6.54 Å². The fourth-order valence-corrected chi connectivity index (χ4v) is 5.31. The quantitative estimate of drug-likeness (QED) is 0.737. The minimum absolute atomic E-state index is 0.168. The SMILES string of the molecule is CCC(CC)C(Cl)CNS(=O)(=O)c1ccc(Br)s1. The highest BCUT2D eigenvalue weighted by Gasteiger charge is 2.21. The van der Waals surface area contributed by atoms with Crippen molar-refractivity contribution >= 4 is 48.9 Å². The van der Waals surface area contributed by atoms with Gasteiger partial charge in [-0.15, -0.1) is 22.9 Å². The van der Waals surface area contributed by atoms with Gasteiger partial charge in [0.25, 0.3) is 0 Å². The molecule has 0 aliphatic rings. The minimum atomic E-state index is -3.43. The zero-order chi connectivity index (χ0) is 13.8. The standard InChI is InChI=1S/C11H17BrClNO2S2/c1-3-8(4-2)9(13)7-14-18(15,16)11-6-5-10(12)17-11/h5-6,8-9,14H,3-4,7H2,1-2H3. The van der Waals surface area contributed by atoms with Crippen LogP contribution in [-0.2, 0) is 10.0 Å². The highest BCUT2D eigenvalue weighted by atomic mass is 79.9. The van der Waals surface area contributed by atoms with Gasteiger partial charge < -0.3 is 0 Å². The van der Waals surface area contributed by atoms with Gasteiger partial charge in [-0.1, -0.05) is 26.7 Å². The summed E-state index contributed by atoms with van der Waals surface area (Å²) in [5, 5.41) is -0.168. The van der Waals surface area contributed by atoms with E-state index in [0.717, 1.165) is 16.6 Å². The van der Waals surface area contributed by atoms with Crippen molar-refractivity contribution in [1.29, 1.82) is 0 Å².